The van der Waals surface area contributed by atoms with Crippen molar-refractivity contribution in [3.63, 3.8) is 0 Å². The Bertz CT molecular complexity index is 228. The molecule has 0 aromatic carbocycles. The van der Waals surface area contributed by atoms with Gasteiger partial charge in [-0.15, -0.1) is 0 Å². The average Bonchev–Trinajstić information content (AvgIpc) is 2.28. The number of hydrogen-bond donors (Lipinski definition) is 3. The summed E-state index contributed by atoms with van der Waals surface area (Å²) in [5, 5.41) is 11.0. The van der Waals surface area contributed by atoms with Crippen molar-refractivity contribution in [3.05, 3.63) is 0 Å². The second kappa shape index (κ2) is 9.86. The highest BCUT2D eigenvalue weighted by Gasteiger charge is 2.12. The molecule has 0 unspecified atom stereocenters. The van der Waals surface area contributed by atoms with E-state index in [0.29, 0.717) is 32.7 Å². The number of carbonyl (C=O) groups excluding carboxylic acids is 1. The summed E-state index contributed by atoms with van der Waals surface area (Å²) in [6.07, 6.45) is 0.622. The van der Waals surface area contributed by atoms with E-state index in [1.807, 2.05) is 0 Å². The summed E-state index contributed by atoms with van der Waals surface area (Å²) in [6.45, 7) is 2.08. The van der Waals surface area contributed by atoms with E-state index in [1.54, 1.807) is 12.0 Å². The third-order valence-electron chi connectivity index (χ3n) is 2.10. The van der Waals surface area contributed by atoms with Gasteiger partial charge >= 0.3 is 12.0 Å². The molecule has 0 aliphatic heterocycles. The van der Waals surface area contributed by atoms with E-state index in [4.69, 9.17) is 15.6 Å². The van der Waals surface area contributed by atoms with Crippen molar-refractivity contribution in [1.82, 2.24) is 10.2 Å². The predicted molar refractivity (Wildman–Crippen MR) is 62.8 cm³/mol. The molecule has 4 N–H and O–H groups in total. The molecule has 100 valence electrons. The standard InChI is InChI=1S/C10H21N3O4/c1-17-8-7-13(6-2-4-11)10(16)12-5-3-9(14)15/h2-8,11H2,1H3,(H,12,16)(H,14,15). The number of rotatable bonds is 9. The van der Waals surface area contributed by atoms with Crippen molar-refractivity contribution in [2.75, 3.05) is 39.9 Å². The average molecular weight is 247 g/mol. The molecule has 0 fully saturated rings. The van der Waals surface area contributed by atoms with Crippen LogP contribution < -0.4 is 11.1 Å². The number of nitrogens with one attached hydrogen (secondary N) is 1. The summed E-state index contributed by atoms with van der Waals surface area (Å²) < 4.78 is 4.90. The lowest BCUT2D eigenvalue weighted by atomic mass is 10.4. The third-order valence-corrected chi connectivity index (χ3v) is 2.10. The van der Waals surface area contributed by atoms with Gasteiger partial charge in [-0.3, -0.25) is 4.79 Å². The molecule has 0 aromatic heterocycles. The molecule has 0 radical (unpaired) electrons. The van der Waals surface area contributed by atoms with Crippen molar-refractivity contribution < 1.29 is 19.4 Å². The van der Waals surface area contributed by atoms with Gasteiger partial charge in [-0.25, -0.2) is 4.79 Å². The van der Waals surface area contributed by atoms with Crippen LogP contribution in [0.2, 0.25) is 0 Å². The monoisotopic (exact) mass is 247 g/mol. The fraction of sp³-hybridized carbons (Fsp3) is 0.800. The summed E-state index contributed by atoms with van der Waals surface area (Å²) in [6, 6.07) is -0.281. The van der Waals surface area contributed by atoms with E-state index >= 15 is 0 Å². The van der Waals surface area contributed by atoms with Gasteiger partial charge in [-0.2, -0.15) is 0 Å². The molecular weight excluding hydrogens is 226 g/mol. The minimum atomic E-state index is -0.935. The van der Waals surface area contributed by atoms with Crippen molar-refractivity contribution in [2.24, 2.45) is 5.73 Å². The lowest BCUT2D eigenvalue weighted by Gasteiger charge is -2.22. The maximum absolute atomic E-state index is 11.7. The van der Waals surface area contributed by atoms with Gasteiger partial charge in [-0.1, -0.05) is 0 Å². The molecule has 0 bridgehead atoms. The third kappa shape index (κ3) is 8.47. The van der Waals surface area contributed by atoms with Crippen molar-refractivity contribution in [1.29, 1.82) is 0 Å². The Balaban J connectivity index is 3.97. The largest absolute Gasteiger partial charge is 0.481 e. The van der Waals surface area contributed by atoms with Gasteiger partial charge in [0.1, 0.15) is 0 Å². The van der Waals surface area contributed by atoms with Gasteiger partial charge in [0, 0.05) is 26.7 Å². The van der Waals surface area contributed by atoms with E-state index in [9.17, 15) is 9.59 Å². The Morgan fingerprint density at radius 2 is 2.12 bits per heavy atom. The summed E-state index contributed by atoms with van der Waals surface area (Å²) in [7, 11) is 1.56. The van der Waals surface area contributed by atoms with Crippen molar-refractivity contribution in [2.45, 2.75) is 12.8 Å². The van der Waals surface area contributed by atoms with Crippen molar-refractivity contribution >= 4 is 12.0 Å². The number of ether oxygens (including phenoxy) is 1. The maximum Gasteiger partial charge on any atom is 0.317 e. The number of hydrogen-bond acceptors (Lipinski definition) is 4. The van der Waals surface area contributed by atoms with Gasteiger partial charge in [0.15, 0.2) is 0 Å². The predicted octanol–water partition coefficient (Wildman–Crippen LogP) is -0.532. The number of urea groups is 1. The fourth-order valence-corrected chi connectivity index (χ4v) is 1.19. The van der Waals surface area contributed by atoms with Gasteiger partial charge in [0.25, 0.3) is 0 Å². The smallest absolute Gasteiger partial charge is 0.317 e. The number of nitrogens with zero attached hydrogens (tertiary/aromatic N) is 1. The van der Waals surface area contributed by atoms with Crippen LogP contribution in [0.5, 0.6) is 0 Å². The number of methoxy groups -OCH3 is 1. The number of carbonyl (C=O) groups is 2. The first kappa shape index (κ1) is 15.7. The number of nitrogens with two attached hydrogens (primary N) is 1. The molecule has 17 heavy (non-hydrogen) atoms. The SMILES string of the molecule is COCCN(CCCN)C(=O)NCCC(=O)O. The fourth-order valence-electron chi connectivity index (χ4n) is 1.19. The highest BCUT2D eigenvalue weighted by molar-refractivity contribution is 5.75. The number of carboxylic acids is 1. The second-order valence-corrected chi connectivity index (χ2v) is 3.50. The molecule has 0 aliphatic rings. The van der Waals surface area contributed by atoms with E-state index in [2.05, 4.69) is 5.32 Å². The van der Waals surface area contributed by atoms with Crippen LogP contribution in [0.1, 0.15) is 12.8 Å². The molecule has 0 heterocycles. The van der Waals surface area contributed by atoms with Crippen LogP contribution in [-0.4, -0.2) is 61.9 Å². The Kier molecular flexibility index (Phi) is 9.08. The van der Waals surface area contributed by atoms with Crippen LogP contribution in [0.15, 0.2) is 0 Å². The molecule has 7 heteroatoms. The number of amides is 2. The summed E-state index contributed by atoms with van der Waals surface area (Å²) in [5.74, 6) is -0.935. The molecule has 0 aliphatic carbocycles. The highest BCUT2D eigenvalue weighted by atomic mass is 16.5. The highest BCUT2D eigenvalue weighted by Crippen LogP contribution is 1.93. The number of aliphatic carboxylic acids is 1. The second-order valence-electron chi connectivity index (χ2n) is 3.50. The quantitative estimate of drug-likeness (QED) is 0.508. The van der Waals surface area contributed by atoms with Crippen LogP contribution in [-0.2, 0) is 9.53 Å². The van der Waals surface area contributed by atoms with Crippen LogP contribution in [0, 0.1) is 0 Å². The molecule has 0 aromatic rings. The van der Waals surface area contributed by atoms with Crippen molar-refractivity contribution in [3.8, 4) is 0 Å². The molecule has 7 nitrogen and oxygen atoms in total. The molecule has 2 amide bonds. The van der Waals surface area contributed by atoms with Gasteiger partial charge in [0.05, 0.1) is 13.0 Å². The lowest BCUT2D eigenvalue weighted by Crippen LogP contribution is -2.43. The van der Waals surface area contributed by atoms with Crippen LogP contribution in [0.25, 0.3) is 0 Å². The molecule has 0 saturated heterocycles. The van der Waals surface area contributed by atoms with E-state index in [1.165, 1.54) is 0 Å². The topological polar surface area (TPSA) is 105 Å². The molecule has 0 spiro atoms. The summed E-state index contributed by atoms with van der Waals surface area (Å²) in [5.41, 5.74) is 5.38. The molecule has 0 rings (SSSR count). The zero-order valence-electron chi connectivity index (χ0n) is 10.1. The van der Waals surface area contributed by atoms with Crippen LogP contribution >= 0.6 is 0 Å². The summed E-state index contributed by atoms with van der Waals surface area (Å²) >= 11 is 0. The first-order valence-corrected chi connectivity index (χ1v) is 5.55. The maximum atomic E-state index is 11.7. The molecule has 0 atom stereocenters. The van der Waals surface area contributed by atoms with E-state index < -0.39 is 5.97 Å². The van der Waals surface area contributed by atoms with E-state index in [0.717, 1.165) is 0 Å². The Morgan fingerprint density at radius 1 is 1.41 bits per heavy atom. The van der Waals surface area contributed by atoms with Gasteiger partial charge in [-0.05, 0) is 13.0 Å². The zero-order valence-corrected chi connectivity index (χ0v) is 10.1. The van der Waals surface area contributed by atoms with Crippen LogP contribution in [0.3, 0.4) is 0 Å². The van der Waals surface area contributed by atoms with Crippen LogP contribution in [0.4, 0.5) is 4.79 Å². The van der Waals surface area contributed by atoms with Gasteiger partial charge in [0.2, 0.25) is 0 Å². The Labute approximate surface area is 101 Å². The Morgan fingerprint density at radius 3 is 2.65 bits per heavy atom. The lowest BCUT2D eigenvalue weighted by molar-refractivity contribution is -0.136. The van der Waals surface area contributed by atoms with E-state index in [-0.39, 0.29) is 19.0 Å². The summed E-state index contributed by atoms with van der Waals surface area (Å²) in [4.78, 5) is 23.5. The zero-order chi connectivity index (χ0) is 13.1. The molecule has 0 saturated carbocycles. The minimum absolute atomic E-state index is 0.0826. The molecular formula is C10H21N3O4. The first-order valence-electron chi connectivity index (χ1n) is 5.55. The number of carboxylic acid groups (broad SMARTS) is 1. The normalized spacial score (nSPS) is 10.0. The Hall–Kier alpha value is -1.34. The van der Waals surface area contributed by atoms with Gasteiger partial charge < -0.3 is 25.8 Å². The first-order chi connectivity index (χ1) is 8.11. The minimum Gasteiger partial charge on any atom is -0.481 e.